The number of hydrogen-bond donors (Lipinski definition) is 2. The van der Waals surface area contributed by atoms with Crippen molar-refractivity contribution in [1.82, 2.24) is 5.43 Å². The van der Waals surface area contributed by atoms with Crippen LogP contribution in [0.1, 0.15) is 18.4 Å². The van der Waals surface area contributed by atoms with Crippen LogP contribution < -0.4 is 15.5 Å². The molecule has 7 heteroatoms. The minimum Gasteiger partial charge on any atom is -0.497 e. The predicted molar refractivity (Wildman–Crippen MR) is 93.0 cm³/mol. The molecule has 0 saturated heterocycles. The molecule has 0 spiro atoms. The van der Waals surface area contributed by atoms with Crippen LogP contribution >= 0.6 is 0 Å². The predicted octanol–water partition coefficient (Wildman–Crippen LogP) is 2.70. The smallest absolute Gasteiger partial charge is 0.240 e. The Hall–Kier alpha value is -3.22. The summed E-state index contributed by atoms with van der Waals surface area (Å²) in [6.45, 7) is 0. The molecule has 2 N–H and O–H groups in total. The number of rotatable bonds is 7. The van der Waals surface area contributed by atoms with Gasteiger partial charge in [0.2, 0.25) is 11.8 Å². The van der Waals surface area contributed by atoms with Crippen molar-refractivity contribution in [3.63, 3.8) is 0 Å². The molecule has 0 aliphatic rings. The number of methoxy groups -OCH3 is 1. The second-order valence-electron chi connectivity index (χ2n) is 5.12. The standard InChI is InChI=1S/C18H18FN3O3/c1-25-16-8-2-13(3-9-16)12-20-22-18(24)11-10-17(23)21-15-6-4-14(19)5-7-15/h2-9,12H,10-11H2,1H3,(H,21,23)(H,22,24)/b20-12+. The number of halogens is 1. The Balaban J connectivity index is 1.71. The first-order chi connectivity index (χ1) is 12.1. The summed E-state index contributed by atoms with van der Waals surface area (Å²) < 4.78 is 17.8. The van der Waals surface area contributed by atoms with Crippen molar-refractivity contribution >= 4 is 23.7 Å². The first kappa shape index (κ1) is 18.1. The van der Waals surface area contributed by atoms with Crippen LogP contribution in [0.25, 0.3) is 0 Å². The second kappa shape index (κ2) is 9.17. The number of anilines is 1. The van der Waals surface area contributed by atoms with E-state index in [9.17, 15) is 14.0 Å². The number of ether oxygens (including phenoxy) is 1. The number of carbonyl (C=O) groups is 2. The highest BCUT2D eigenvalue weighted by Gasteiger charge is 2.06. The Morgan fingerprint density at radius 3 is 2.32 bits per heavy atom. The van der Waals surface area contributed by atoms with Crippen molar-refractivity contribution in [3.8, 4) is 5.75 Å². The largest absolute Gasteiger partial charge is 0.497 e. The number of hydrogen-bond acceptors (Lipinski definition) is 4. The molecule has 6 nitrogen and oxygen atoms in total. The molecular formula is C18H18FN3O3. The molecule has 0 heterocycles. The highest BCUT2D eigenvalue weighted by Crippen LogP contribution is 2.10. The molecule has 2 rings (SSSR count). The first-order valence-corrected chi connectivity index (χ1v) is 7.58. The lowest BCUT2D eigenvalue weighted by Gasteiger charge is -2.04. The summed E-state index contributed by atoms with van der Waals surface area (Å²) in [5, 5.41) is 6.41. The maximum absolute atomic E-state index is 12.8. The van der Waals surface area contributed by atoms with Crippen LogP contribution in [0, 0.1) is 5.82 Å². The van der Waals surface area contributed by atoms with Crippen molar-refractivity contribution in [2.75, 3.05) is 12.4 Å². The van der Waals surface area contributed by atoms with E-state index in [4.69, 9.17) is 4.74 Å². The number of carbonyl (C=O) groups excluding carboxylic acids is 2. The molecule has 0 fully saturated rings. The molecule has 0 atom stereocenters. The Kier molecular flexibility index (Phi) is 6.65. The summed E-state index contributed by atoms with van der Waals surface area (Å²) in [7, 11) is 1.58. The number of amides is 2. The molecule has 130 valence electrons. The molecule has 25 heavy (non-hydrogen) atoms. The van der Waals surface area contributed by atoms with E-state index in [-0.39, 0.29) is 30.5 Å². The Bertz CT molecular complexity index is 743. The van der Waals surface area contributed by atoms with Gasteiger partial charge in [0.05, 0.1) is 13.3 Å². The average molecular weight is 343 g/mol. The van der Waals surface area contributed by atoms with Crippen LogP contribution in [0.3, 0.4) is 0 Å². The molecule has 0 aromatic heterocycles. The molecule has 0 unspecified atom stereocenters. The topological polar surface area (TPSA) is 79.8 Å². The summed E-state index contributed by atoms with van der Waals surface area (Å²) in [6.07, 6.45) is 1.49. The minimum absolute atomic E-state index is 0.00126. The normalized spacial score (nSPS) is 10.5. The first-order valence-electron chi connectivity index (χ1n) is 7.58. The van der Waals surface area contributed by atoms with Gasteiger partial charge in [0.25, 0.3) is 0 Å². The molecule has 0 radical (unpaired) electrons. The fourth-order valence-corrected chi connectivity index (χ4v) is 1.91. The number of nitrogens with one attached hydrogen (secondary N) is 2. The van der Waals surface area contributed by atoms with Crippen LogP contribution in [0.4, 0.5) is 10.1 Å². The monoisotopic (exact) mass is 343 g/mol. The number of benzene rings is 2. The molecule has 0 aliphatic carbocycles. The van der Waals surface area contributed by atoms with Crippen molar-refractivity contribution in [2.45, 2.75) is 12.8 Å². The fraction of sp³-hybridized carbons (Fsp3) is 0.167. The zero-order chi connectivity index (χ0) is 18.1. The van der Waals surface area contributed by atoms with Gasteiger partial charge in [-0.1, -0.05) is 0 Å². The summed E-state index contributed by atoms with van der Waals surface area (Å²) in [5.74, 6) is -0.361. The second-order valence-corrected chi connectivity index (χ2v) is 5.12. The quantitative estimate of drug-likeness (QED) is 0.599. The maximum Gasteiger partial charge on any atom is 0.240 e. The third-order valence-electron chi connectivity index (χ3n) is 3.23. The molecule has 0 saturated carbocycles. The molecule has 0 aliphatic heterocycles. The van der Waals surface area contributed by atoms with Gasteiger partial charge in [-0.3, -0.25) is 9.59 Å². The van der Waals surface area contributed by atoms with E-state index in [1.807, 2.05) is 0 Å². The van der Waals surface area contributed by atoms with Gasteiger partial charge < -0.3 is 10.1 Å². The van der Waals surface area contributed by atoms with Gasteiger partial charge in [-0.15, -0.1) is 0 Å². The van der Waals surface area contributed by atoms with E-state index >= 15 is 0 Å². The van der Waals surface area contributed by atoms with Gasteiger partial charge >= 0.3 is 0 Å². The molecular weight excluding hydrogens is 325 g/mol. The summed E-state index contributed by atoms with van der Waals surface area (Å²) >= 11 is 0. The molecule has 0 bridgehead atoms. The van der Waals surface area contributed by atoms with Gasteiger partial charge in [-0.05, 0) is 54.1 Å². The van der Waals surface area contributed by atoms with Crippen LogP contribution in [0.5, 0.6) is 5.75 Å². The van der Waals surface area contributed by atoms with E-state index < -0.39 is 0 Å². The summed E-state index contributed by atoms with van der Waals surface area (Å²) in [6, 6.07) is 12.5. The Morgan fingerprint density at radius 2 is 1.68 bits per heavy atom. The highest BCUT2D eigenvalue weighted by molar-refractivity contribution is 5.93. The van der Waals surface area contributed by atoms with E-state index in [1.165, 1.54) is 30.5 Å². The lowest BCUT2D eigenvalue weighted by Crippen LogP contribution is -2.20. The average Bonchev–Trinajstić information content (AvgIpc) is 2.62. The lowest BCUT2D eigenvalue weighted by molar-refractivity contribution is -0.124. The SMILES string of the molecule is COc1ccc(/C=N/NC(=O)CCC(=O)Nc2ccc(F)cc2)cc1. The van der Waals surface area contributed by atoms with Crippen LogP contribution in [0.2, 0.25) is 0 Å². The van der Waals surface area contributed by atoms with Crippen molar-refractivity contribution in [1.29, 1.82) is 0 Å². The van der Waals surface area contributed by atoms with E-state index in [0.717, 1.165) is 11.3 Å². The zero-order valence-electron chi connectivity index (χ0n) is 13.7. The lowest BCUT2D eigenvalue weighted by atomic mass is 10.2. The summed E-state index contributed by atoms with van der Waals surface area (Å²) in [4.78, 5) is 23.4. The van der Waals surface area contributed by atoms with Gasteiger partial charge in [0, 0.05) is 18.5 Å². The van der Waals surface area contributed by atoms with Crippen LogP contribution in [-0.2, 0) is 9.59 Å². The molecule has 2 aromatic carbocycles. The van der Waals surface area contributed by atoms with Crippen LogP contribution in [-0.4, -0.2) is 25.1 Å². The number of hydrazone groups is 1. The van der Waals surface area contributed by atoms with Crippen molar-refractivity contribution in [2.24, 2.45) is 5.10 Å². The van der Waals surface area contributed by atoms with Gasteiger partial charge in [0.1, 0.15) is 11.6 Å². The van der Waals surface area contributed by atoms with E-state index in [2.05, 4.69) is 15.8 Å². The van der Waals surface area contributed by atoms with Crippen molar-refractivity contribution < 1.29 is 18.7 Å². The van der Waals surface area contributed by atoms with Gasteiger partial charge in [-0.25, -0.2) is 9.82 Å². The van der Waals surface area contributed by atoms with Gasteiger partial charge in [0.15, 0.2) is 0 Å². The van der Waals surface area contributed by atoms with Gasteiger partial charge in [-0.2, -0.15) is 5.10 Å². The minimum atomic E-state index is -0.382. The maximum atomic E-state index is 12.8. The summed E-state index contributed by atoms with van der Waals surface area (Å²) in [5.41, 5.74) is 3.63. The zero-order valence-corrected chi connectivity index (χ0v) is 13.7. The van der Waals surface area contributed by atoms with Crippen molar-refractivity contribution in [3.05, 3.63) is 59.9 Å². The Labute approximate surface area is 144 Å². The molecule has 2 amide bonds. The van der Waals surface area contributed by atoms with E-state index in [0.29, 0.717) is 5.69 Å². The molecule has 2 aromatic rings. The highest BCUT2D eigenvalue weighted by atomic mass is 19.1. The fourth-order valence-electron chi connectivity index (χ4n) is 1.91. The Morgan fingerprint density at radius 1 is 1.04 bits per heavy atom. The van der Waals surface area contributed by atoms with E-state index in [1.54, 1.807) is 31.4 Å². The third kappa shape index (κ3) is 6.42. The van der Waals surface area contributed by atoms with Crippen LogP contribution in [0.15, 0.2) is 53.6 Å². The third-order valence-corrected chi connectivity index (χ3v) is 3.23. The number of nitrogens with zero attached hydrogens (tertiary/aromatic N) is 1.